The zero-order valence-electron chi connectivity index (χ0n) is 9.41. The Hall–Kier alpha value is -0.870. The minimum absolute atomic E-state index is 0.287. The molecule has 0 radical (unpaired) electrons. The van der Waals surface area contributed by atoms with Crippen LogP contribution in [0, 0.1) is 0 Å². The molecule has 5 heteroatoms. The van der Waals surface area contributed by atoms with Crippen molar-refractivity contribution >= 4 is 35.0 Å². The van der Waals surface area contributed by atoms with Gasteiger partial charge < -0.3 is 11.1 Å². The van der Waals surface area contributed by atoms with E-state index in [9.17, 15) is 4.79 Å². The molecule has 1 fully saturated rings. The highest BCUT2D eigenvalue weighted by molar-refractivity contribution is 7.99. The van der Waals surface area contributed by atoms with Crippen molar-refractivity contribution in [2.24, 2.45) is 5.73 Å². The van der Waals surface area contributed by atoms with E-state index in [-0.39, 0.29) is 5.91 Å². The molecule has 1 atom stereocenters. The first-order valence-electron chi connectivity index (χ1n) is 5.54. The number of thioether (sulfide) groups is 1. The van der Waals surface area contributed by atoms with Crippen LogP contribution in [0.1, 0.15) is 12.8 Å². The highest BCUT2D eigenvalue weighted by Crippen LogP contribution is 2.30. The van der Waals surface area contributed by atoms with E-state index in [2.05, 4.69) is 5.32 Å². The first kappa shape index (κ1) is 12.6. The van der Waals surface area contributed by atoms with Crippen LogP contribution >= 0.6 is 23.4 Å². The Bertz CT molecular complexity index is 419. The molecule has 1 aliphatic rings. The number of carbonyl (C=O) groups excluding carboxylic acids is 1. The highest BCUT2D eigenvalue weighted by Gasteiger charge is 2.38. The van der Waals surface area contributed by atoms with E-state index in [1.807, 2.05) is 18.2 Å². The van der Waals surface area contributed by atoms with Crippen LogP contribution < -0.4 is 11.1 Å². The molecule has 2 rings (SSSR count). The van der Waals surface area contributed by atoms with Gasteiger partial charge in [0.25, 0.3) is 0 Å². The lowest BCUT2D eigenvalue weighted by Gasteiger charge is -2.35. The van der Waals surface area contributed by atoms with E-state index in [1.54, 1.807) is 17.8 Å². The first-order chi connectivity index (χ1) is 8.12. The summed E-state index contributed by atoms with van der Waals surface area (Å²) >= 11 is 7.68. The second kappa shape index (κ2) is 5.19. The lowest BCUT2D eigenvalue weighted by Crippen LogP contribution is -2.54. The molecule has 1 unspecified atom stereocenters. The molecule has 1 aromatic rings. The number of rotatable bonds is 3. The normalized spacial score (nSPS) is 24.3. The van der Waals surface area contributed by atoms with Gasteiger partial charge in [-0.25, -0.2) is 0 Å². The molecule has 1 aromatic carbocycles. The fourth-order valence-corrected chi connectivity index (χ4v) is 3.38. The van der Waals surface area contributed by atoms with Gasteiger partial charge in [-0.05, 0) is 36.8 Å². The van der Waals surface area contributed by atoms with Crippen molar-refractivity contribution in [3.63, 3.8) is 0 Å². The van der Waals surface area contributed by atoms with Gasteiger partial charge in [-0.15, -0.1) is 0 Å². The van der Waals surface area contributed by atoms with Crippen molar-refractivity contribution in [3.8, 4) is 0 Å². The monoisotopic (exact) mass is 270 g/mol. The van der Waals surface area contributed by atoms with Crippen LogP contribution in [0.2, 0.25) is 5.02 Å². The van der Waals surface area contributed by atoms with Crippen LogP contribution in [-0.4, -0.2) is 23.0 Å². The molecule has 0 saturated carbocycles. The van der Waals surface area contributed by atoms with Gasteiger partial charge in [0.05, 0.1) is 0 Å². The molecule has 0 aromatic heterocycles. The van der Waals surface area contributed by atoms with Gasteiger partial charge in [0.1, 0.15) is 5.54 Å². The SMILES string of the molecule is NC(=O)C1(Nc2cccc(Cl)c2)CCCSC1. The number of hydrogen-bond donors (Lipinski definition) is 2. The van der Waals surface area contributed by atoms with Crippen molar-refractivity contribution in [2.45, 2.75) is 18.4 Å². The Morgan fingerprint density at radius 3 is 2.94 bits per heavy atom. The summed E-state index contributed by atoms with van der Waals surface area (Å²) in [5.41, 5.74) is 5.76. The topological polar surface area (TPSA) is 55.1 Å². The average Bonchev–Trinajstić information content (AvgIpc) is 2.30. The summed E-state index contributed by atoms with van der Waals surface area (Å²) in [4.78, 5) is 11.7. The van der Waals surface area contributed by atoms with E-state index >= 15 is 0 Å². The number of nitrogens with one attached hydrogen (secondary N) is 1. The van der Waals surface area contributed by atoms with Crippen LogP contribution in [0.3, 0.4) is 0 Å². The standard InChI is InChI=1S/C12H15ClN2OS/c13-9-3-1-4-10(7-9)15-12(11(14)16)5-2-6-17-8-12/h1,3-4,7,15H,2,5-6,8H2,(H2,14,16). The summed E-state index contributed by atoms with van der Waals surface area (Å²) in [5.74, 6) is 1.52. The van der Waals surface area contributed by atoms with Gasteiger partial charge in [-0.1, -0.05) is 17.7 Å². The van der Waals surface area contributed by atoms with Crippen molar-refractivity contribution in [3.05, 3.63) is 29.3 Å². The van der Waals surface area contributed by atoms with Crippen molar-refractivity contribution in [1.29, 1.82) is 0 Å². The molecule has 0 spiro atoms. The summed E-state index contributed by atoms with van der Waals surface area (Å²) in [6.45, 7) is 0. The maximum Gasteiger partial charge on any atom is 0.243 e. The summed E-state index contributed by atoms with van der Waals surface area (Å²) in [7, 11) is 0. The van der Waals surface area contributed by atoms with E-state index in [4.69, 9.17) is 17.3 Å². The van der Waals surface area contributed by atoms with E-state index in [0.29, 0.717) is 5.02 Å². The second-order valence-corrected chi connectivity index (χ2v) is 5.78. The number of amides is 1. The van der Waals surface area contributed by atoms with Crippen LogP contribution in [0.4, 0.5) is 5.69 Å². The van der Waals surface area contributed by atoms with Gasteiger partial charge >= 0.3 is 0 Å². The second-order valence-electron chi connectivity index (χ2n) is 4.24. The molecular formula is C12H15ClN2OS. The number of benzene rings is 1. The van der Waals surface area contributed by atoms with Crippen molar-refractivity contribution < 1.29 is 4.79 Å². The van der Waals surface area contributed by atoms with Gasteiger partial charge in [0.2, 0.25) is 5.91 Å². The number of nitrogens with two attached hydrogens (primary N) is 1. The smallest absolute Gasteiger partial charge is 0.243 e. The van der Waals surface area contributed by atoms with Gasteiger partial charge in [0, 0.05) is 16.5 Å². The summed E-state index contributed by atoms with van der Waals surface area (Å²) in [5, 5.41) is 3.91. The fourth-order valence-electron chi connectivity index (χ4n) is 1.99. The molecule has 17 heavy (non-hydrogen) atoms. The van der Waals surface area contributed by atoms with Crippen LogP contribution in [-0.2, 0) is 4.79 Å². The van der Waals surface area contributed by atoms with Gasteiger partial charge in [-0.2, -0.15) is 11.8 Å². The minimum atomic E-state index is -0.631. The third kappa shape index (κ3) is 2.87. The van der Waals surface area contributed by atoms with Gasteiger partial charge in [-0.3, -0.25) is 4.79 Å². The molecule has 3 nitrogen and oxygen atoms in total. The number of carbonyl (C=O) groups is 1. The van der Waals surface area contributed by atoms with Crippen molar-refractivity contribution in [2.75, 3.05) is 16.8 Å². The lowest BCUT2D eigenvalue weighted by atomic mass is 9.94. The Balaban J connectivity index is 2.20. The molecule has 1 heterocycles. The van der Waals surface area contributed by atoms with Crippen LogP contribution in [0.15, 0.2) is 24.3 Å². The molecular weight excluding hydrogens is 256 g/mol. The highest BCUT2D eigenvalue weighted by atomic mass is 35.5. The van der Waals surface area contributed by atoms with E-state index in [0.717, 1.165) is 30.0 Å². The Morgan fingerprint density at radius 2 is 2.35 bits per heavy atom. The molecule has 92 valence electrons. The summed E-state index contributed by atoms with van der Waals surface area (Å²) < 4.78 is 0. The predicted octanol–water partition coefficient (Wildman–Crippen LogP) is 2.50. The third-order valence-electron chi connectivity index (χ3n) is 2.92. The molecule has 1 amide bonds. The molecule has 0 bridgehead atoms. The largest absolute Gasteiger partial charge is 0.371 e. The molecule has 3 N–H and O–H groups in total. The first-order valence-corrected chi connectivity index (χ1v) is 7.07. The van der Waals surface area contributed by atoms with Crippen molar-refractivity contribution in [1.82, 2.24) is 0 Å². The molecule has 1 saturated heterocycles. The van der Waals surface area contributed by atoms with Crippen LogP contribution in [0.5, 0.6) is 0 Å². The lowest BCUT2D eigenvalue weighted by molar-refractivity contribution is -0.121. The summed E-state index contributed by atoms with van der Waals surface area (Å²) in [6, 6.07) is 7.37. The average molecular weight is 271 g/mol. The number of anilines is 1. The Labute approximate surface area is 110 Å². The Kier molecular flexibility index (Phi) is 3.84. The zero-order valence-corrected chi connectivity index (χ0v) is 11.0. The number of hydrogen-bond acceptors (Lipinski definition) is 3. The molecule has 0 aliphatic carbocycles. The predicted molar refractivity (Wildman–Crippen MR) is 73.6 cm³/mol. The number of halogens is 1. The maximum atomic E-state index is 11.7. The fraction of sp³-hybridized carbons (Fsp3) is 0.417. The van der Waals surface area contributed by atoms with Crippen LogP contribution in [0.25, 0.3) is 0 Å². The Morgan fingerprint density at radius 1 is 1.53 bits per heavy atom. The third-order valence-corrected chi connectivity index (χ3v) is 4.43. The number of primary amides is 1. The maximum absolute atomic E-state index is 11.7. The van der Waals surface area contributed by atoms with E-state index in [1.165, 1.54) is 0 Å². The van der Waals surface area contributed by atoms with Gasteiger partial charge in [0.15, 0.2) is 0 Å². The zero-order chi connectivity index (χ0) is 12.3. The quantitative estimate of drug-likeness (QED) is 0.887. The minimum Gasteiger partial charge on any atom is -0.371 e. The summed E-state index contributed by atoms with van der Waals surface area (Å²) in [6.07, 6.45) is 1.78. The molecule has 1 aliphatic heterocycles. The van der Waals surface area contributed by atoms with E-state index < -0.39 is 5.54 Å².